The standard InChI is InChI=1S/C27H35N7O4S/c1-17(16-39-4)30-21-12-22(29-14-20(21)13-28)31-27(36)34-10-5-7-18-11-19(15-33-9-6-8-23(33)35)24(32-25(18)34)26(37-2)38-3/h11-12,14,17,26H,5-10,15-16H2,1-4H3,(H2,29,30,31,36). The summed E-state index contributed by atoms with van der Waals surface area (Å²) in [5.74, 6) is 1.86. The SMILES string of the molecule is COC(OC)c1nc2c(cc1CN1CCCC1=O)CCCN2C(=O)Nc1cc(NC(C)CSC)c(C#N)cn1. The highest BCUT2D eigenvalue weighted by molar-refractivity contribution is 7.98. The van der Waals surface area contributed by atoms with E-state index in [0.717, 1.165) is 36.1 Å². The third-order valence-corrected chi connectivity index (χ3v) is 7.62. The monoisotopic (exact) mass is 553 g/mol. The van der Waals surface area contributed by atoms with Crippen LogP contribution in [0.15, 0.2) is 18.3 Å². The molecule has 0 spiro atoms. The molecule has 208 valence electrons. The number of pyridine rings is 2. The zero-order chi connectivity index (χ0) is 27.9. The number of anilines is 3. The number of fused-ring (bicyclic) bond motifs is 1. The fourth-order valence-corrected chi connectivity index (χ4v) is 5.53. The lowest BCUT2D eigenvalue weighted by molar-refractivity contribution is -0.128. The van der Waals surface area contributed by atoms with Gasteiger partial charge in [-0.05, 0) is 49.6 Å². The molecule has 1 unspecified atom stereocenters. The summed E-state index contributed by atoms with van der Waals surface area (Å²) >= 11 is 1.70. The fourth-order valence-electron chi connectivity index (χ4n) is 4.95. The van der Waals surface area contributed by atoms with E-state index in [-0.39, 0.29) is 18.0 Å². The van der Waals surface area contributed by atoms with Gasteiger partial charge in [-0.2, -0.15) is 17.0 Å². The summed E-state index contributed by atoms with van der Waals surface area (Å²) in [6.07, 6.45) is 5.65. The maximum Gasteiger partial charge on any atom is 0.328 e. The van der Waals surface area contributed by atoms with E-state index in [1.165, 1.54) is 20.4 Å². The average molecular weight is 554 g/mol. The lowest BCUT2D eigenvalue weighted by atomic mass is 10.0. The summed E-state index contributed by atoms with van der Waals surface area (Å²) in [6, 6.07) is 5.61. The first-order chi connectivity index (χ1) is 18.9. The van der Waals surface area contributed by atoms with Gasteiger partial charge in [-0.3, -0.25) is 15.0 Å². The van der Waals surface area contributed by atoms with E-state index in [9.17, 15) is 14.9 Å². The van der Waals surface area contributed by atoms with Crippen LogP contribution in [0.3, 0.4) is 0 Å². The molecule has 3 amide bonds. The molecule has 4 heterocycles. The molecule has 39 heavy (non-hydrogen) atoms. The number of carbonyl (C=O) groups excluding carboxylic acids is 2. The van der Waals surface area contributed by atoms with E-state index in [1.54, 1.807) is 22.7 Å². The third kappa shape index (κ3) is 6.61. The number of nitrogens with zero attached hydrogens (tertiary/aromatic N) is 5. The minimum Gasteiger partial charge on any atom is -0.381 e. The number of aromatic nitrogens is 2. The summed E-state index contributed by atoms with van der Waals surface area (Å²) in [5, 5.41) is 15.7. The van der Waals surface area contributed by atoms with E-state index >= 15 is 0 Å². The van der Waals surface area contributed by atoms with Crippen LogP contribution in [0.1, 0.15) is 54.9 Å². The summed E-state index contributed by atoms with van der Waals surface area (Å²) in [5.41, 5.74) is 3.35. The molecule has 1 saturated heterocycles. The van der Waals surface area contributed by atoms with Crippen LogP contribution in [0.4, 0.5) is 22.1 Å². The summed E-state index contributed by atoms with van der Waals surface area (Å²) in [4.78, 5) is 38.4. The predicted octanol–water partition coefficient (Wildman–Crippen LogP) is 3.91. The number of urea groups is 1. The Hall–Kier alpha value is -3.40. The third-order valence-electron chi connectivity index (χ3n) is 6.78. The van der Waals surface area contributed by atoms with Crippen LogP contribution in [0.5, 0.6) is 0 Å². The van der Waals surface area contributed by atoms with E-state index in [2.05, 4.69) is 21.7 Å². The molecule has 11 nitrogen and oxygen atoms in total. The van der Waals surface area contributed by atoms with Gasteiger partial charge in [0.25, 0.3) is 0 Å². The lowest BCUT2D eigenvalue weighted by Gasteiger charge is -2.31. The number of rotatable bonds is 10. The second-order valence-corrected chi connectivity index (χ2v) is 10.6. The summed E-state index contributed by atoms with van der Waals surface area (Å²) in [6.45, 7) is 3.64. The van der Waals surface area contributed by atoms with Gasteiger partial charge in [-0.15, -0.1) is 0 Å². The number of ether oxygens (including phenoxy) is 2. The minimum absolute atomic E-state index is 0.123. The number of amides is 3. The van der Waals surface area contributed by atoms with Crippen LogP contribution in [0.25, 0.3) is 0 Å². The van der Waals surface area contributed by atoms with Crippen LogP contribution in [-0.2, 0) is 27.2 Å². The first-order valence-electron chi connectivity index (χ1n) is 13.0. The van der Waals surface area contributed by atoms with Crippen LogP contribution in [-0.4, -0.2) is 72.2 Å². The van der Waals surface area contributed by atoms with Gasteiger partial charge in [0.2, 0.25) is 12.2 Å². The van der Waals surface area contributed by atoms with Gasteiger partial charge in [-0.1, -0.05) is 0 Å². The number of nitriles is 1. The molecule has 1 atom stereocenters. The molecule has 0 aliphatic carbocycles. The second-order valence-electron chi connectivity index (χ2n) is 9.65. The molecule has 2 aromatic rings. The van der Waals surface area contributed by atoms with E-state index < -0.39 is 6.29 Å². The van der Waals surface area contributed by atoms with Gasteiger partial charge < -0.3 is 19.7 Å². The van der Waals surface area contributed by atoms with Crippen LogP contribution in [0, 0.1) is 11.3 Å². The Morgan fingerprint density at radius 1 is 1.23 bits per heavy atom. The Balaban J connectivity index is 1.61. The smallest absolute Gasteiger partial charge is 0.328 e. The molecule has 2 aliphatic heterocycles. The van der Waals surface area contributed by atoms with Crippen molar-refractivity contribution in [3.8, 4) is 6.07 Å². The van der Waals surface area contributed by atoms with E-state index in [4.69, 9.17) is 14.5 Å². The first-order valence-corrected chi connectivity index (χ1v) is 14.4. The maximum absolute atomic E-state index is 13.5. The average Bonchev–Trinajstić information content (AvgIpc) is 3.33. The van der Waals surface area contributed by atoms with Gasteiger partial charge in [0.05, 0.1) is 11.3 Å². The first kappa shape index (κ1) is 28.6. The molecule has 1 fully saturated rings. The minimum atomic E-state index is -0.744. The van der Waals surface area contributed by atoms with Crippen LogP contribution in [0.2, 0.25) is 0 Å². The van der Waals surface area contributed by atoms with Crippen LogP contribution >= 0.6 is 11.8 Å². The number of nitrogens with one attached hydrogen (secondary N) is 2. The Morgan fingerprint density at radius 2 is 2.00 bits per heavy atom. The van der Waals surface area contributed by atoms with Crippen molar-refractivity contribution >= 4 is 41.0 Å². The van der Waals surface area contributed by atoms with Gasteiger partial charge in [-0.25, -0.2) is 14.8 Å². The number of methoxy groups -OCH3 is 2. The highest BCUT2D eigenvalue weighted by Gasteiger charge is 2.30. The highest BCUT2D eigenvalue weighted by Crippen LogP contribution is 2.32. The quantitative estimate of drug-likeness (QED) is 0.420. The van der Waals surface area contributed by atoms with Gasteiger partial charge in [0.15, 0.2) is 0 Å². The Bertz CT molecular complexity index is 1250. The van der Waals surface area contributed by atoms with Crippen LogP contribution < -0.4 is 15.5 Å². The maximum atomic E-state index is 13.5. The molecule has 0 radical (unpaired) electrons. The van der Waals surface area contributed by atoms with Crippen molar-refractivity contribution in [2.45, 2.75) is 51.5 Å². The molecule has 0 saturated carbocycles. The summed E-state index contributed by atoms with van der Waals surface area (Å²) in [7, 11) is 3.07. The van der Waals surface area contributed by atoms with Crippen molar-refractivity contribution in [1.29, 1.82) is 5.26 Å². The molecule has 2 aliphatic rings. The number of aryl methyl sites for hydroxylation is 1. The topological polar surface area (TPSA) is 133 Å². The number of hydrogen-bond acceptors (Lipinski definition) is 9. The molecule has 2 aromatic heterocycles. The predicted molar refractivity (Wildman–Crippen MR) is 151 cm³/mol. The lowest BCUT2D eigenvalue weighted by Crippen LogP contribution is -2.40. The van der Waals surface area contributed by atoms with Crippen molar-refractivity contribution in [2.75, 3.05) is 54.9 Å². The van der Waals surface area contributed by atoms with Gasteiger partial charge in [0, 0.05) is 64.3 Å². The largest absolute Gasteiger partial charge is 0.381 e. The second kappa shape index (κ2) is 13.1. The van der Waals surface area contributed by atoms with Crippen molar-refractivity contribution in [2.24, 2.45) is 0 Å². The Labute approximate surface area is 233 Å². The number of carbonyl (C=O) groups is 2. The zero-order valence-electron chi connectivity index (χ0n) is 22.8. The molecule has 0 bridgehead atoms. The fraction of sp³-hybridized carbons (Fsp3) is 0.519. The normalized spacial score (nSPS) is 15.7. The van der Waals surface area contributed by atoms with E-state index in [1.807, 2.05) is 24.1 Å². The molecular weight excluding hydrogens is 518 g/mol. The molecule has 12 heteroatoms. The van der Waals surface area contributed by atoms with Crippen molar-refractivity contribution in [3.05, 3.63) is 40.7 Å². The van der Waals surface area contributed by atoms with Crippen molar-refractivity contribution in [3.63, 3.8) is 0 Å². The number of thioether (sulfide) groups is 1. The van der Waals surface area contributed by atoms with Crippen molar-refractivity contribution in [1.82, 2.24) is 14.9 Å². The van der Waals surface area contributed by atoms with Crippen molar-refractivity contribution < 1.29 is 19.1 Å². The highest BCUT2D eigenvalue weighted by atomic mass is 32.2. The number of hydrogen-bond donors (Lipinski definition) is 2. The molecule has 2 N–H and O–H groups in total. The molecule has 0 aromatic carbocycles. The number of likely N-dealkylation sites (tertiary alicyclic amines) is 1. The van der Waals surface area contributed by atoms with E-state index in [0.29, 0.717) is 54.6 Å². The Morgan fingerprint density at radius 3 is 2.67 bits per heavy atom. The summed E-state index contributed by atoms with van der Waals surface area (Å²) < 4.78 is 11.1. The molecular formula is C27H35N7O4S. The molecule has 4 rings (SSSR count). The van der Waals surface area contributed by atoms with Gasteiger partial charge in [0.1, 0.15) is 23.4 Å². The Kier molecular flexibility index (Phi) is 9.61. The van der Waals surface area contributed by atoms with Gasteiger partial charge >= 0.3 is 6.03 Å². The zero-order valence-corrected chi connectivity index (χ0v) is 23.6.